The monoisotopic (exact) mass is 275 g/mol. The molecule has 1 fully saturated rings. The number of aryl methyl sites for hydroxylation is 1. The molecule has 0 amide bonds. The molecule has 14 heavy (non-hydrogen) atoms. The highest BCUT2D eigenvalue weighted by molar-refractivity contribution is 9.09. The topological polar surface area (TPSA) is 30.7 Å². The third-order valence-electron chi connectivity index (χ3n) is 2.87. The second kappa shape index (κ2) is 4.23. The third kappa shape index (κ3) is 1.98. The Hall–Kier alpha value is -0.0300. The highest BCUT2D eigenvalue weighted by Gasteiger charge is 2.36. The van der Waals surface area contributed by atoms with Crippen LogP contribution < -0.4 is 0 Å². The minimum Gasteiger partial charge on any atom is -0.312 e. The van der Waals surface area contributed by atoms with Gasteiger partial charge in [-0.3, -0.25) is 0 Å². The highest BCUT2D eigenvalue weighted by atomic mass is 79.9. The SMILES string of the molecule is Cn1cnnc1SCC1(CBr)CCC1. The van der Waals surface area contributed by atoms with Crippen LogP contribution in [-0.2, 0) is 7.05 Å². The van der Waals surface area contributed by atoms with E-state index in [1.165, 1.54) is 19.3 Å². The number of nitrogens with zero attached hydrogens (tertiary/aromatic N) is 3. The molecule has 2 rings (SSSR count). The zero-order valence-electron chi connectivity index (χ0n) is 8.24. The number of halogens is 1. The summed E-state index contributed by atoms with van der Waals surface area (Å²) in [5.74, 6) is 1.16. The van der Waals surface area contributed by atoms with Crippen molar-refractivity contribution in [1.29, 1.82) is 0 Å². The van der Waals surface area contributed by atoms with E-state index in [0.717, 1.165) is 16.2 Å². The first-order valence-electron chi connectivity index (χ1n) is 4.79. The van der Waals surface area contributed by atoms with E-state index in [1.54, 1.807) is 6.33 Å². The lowest BCUT2D eigenvalue weighted by atomic mass is 9.72. The van der Waals surface area contributed by atoms with Crippen LogP contribution in [0.4, 0.5) is 0 Å². The number of hydrogen-bond donors (Lipinski definition) is 0. The van der Waals surface area contributed by atoms with Crippen molar-refractivity contribution in [1.82, 2.24) is 14.8 Å². The van der Waals surface area contributed by atoms with Gasteiger partial charge >= 0.3 is 0 Å². The van der Waals surface area contributed by atoms with Crippen molar-refractivity contribution in [3.05, 3.63) is 6.33 Å². The maximum Gasteiger partial charge on any atom is 0.190 e. The van der Waals surface area contributed by atoms with Crippen molar-refractivity contribution in [3.8, 4) is 0 Å². The van der Waals surface area contributed by atoms with Gasteiger partial charge in [0.2, 0.25) is 0 Å². The fourth-order valence-corrected chi connectivity index (χ4v) is 3.82. The molecule has 0 bridgehead atoms. The Balaban J connectivity index is 1.90. The van der Waals surface area contributed by atoms with Crippen LogP contribution in [0.2, 0.25) is 0 Å². The van der Waals surface area contributed by atoms with E-state index in [-0.39, 0.29) is 0 Å². The molecular formula is C9H14BrN3S. The second-order valence-corrected chi connectivity index (χ2v) is 5.50. The Morgan fingerprint density at radius 1 is 1.64 bits per heavy atom. The molecule has 5 heteroatoms. The molecule has 1 aliphatic rings. The van der Waals surface area contributed by atoms with Gasteiger partial charge in [-0.2, -0.15) is 0 Å². The molecule has 0 spiro atoms. The van der Waals surface area contributed by atoms with E-state index in [0.29, 0.717) is 5.41 Å². The number of hydrogen-bond acceptors (Lipinski definition) is 3. The summed E-state index contributed by atoms with van der Waals surface area (Å²) in [6, 6.07) is 0. The number of thioether (sulfide) groups is 1. The van der Waals surface area contributed by atoms with Gasteiger partial charge in [-0.1, -0.05) is 34.1 Å². The first-order valence-corrected chi connectivity index (χ1v) is 6.89. The van der Waals surface area contributed by atoms with Crippen LogP contribution >= 0.6 is 27.7 Å². The Labute approximate surface area is 96.8 Å². The zero-order chi connectivity index (χ0) is 10.0. The Morgan fingerprint density at radius 3 is 2.86 bits per heavy atom. The van der Waals surface area contributed by atoms with Crippen LogP contribution in [-0.4, -0.2) is 25.8 Å². The van der Waals surface area contributed by atoms with E-state index in [2.05, 4.69) is 26.1 Å². The highest BCUT2D eigenvalue weighted by Crippen LogP contribution is 2.45. The Kier molecular flexibility index (Phi) is 3.17. The summed E-state index contributed by atoms with van der Waals surface area (Å²) in [5.41, 5.74) is 0.524. The average molecular weight is 276 g/mol. The first-order chi connectivity index (χ1) is 6.76. The number of alkyl halides is 1. The average Bonchev–Trinajstić information content (AvgIpc) is 2.51. The van der Waals surface area contributed by atoms with E-state index >= 15 is 0 Å². The van der Waals surface area contributed by atoms with Crippen molar-refractivity contribution in [2.45, 2.75) is 24.4 Å². The predicted molar refractivity (Wildman–Crippen MR) is 61.8 cm³/mol. The quantitative estimate of drug-likeness (QED) is 0.625. The summed E-state index contributed by atoms with van der Waals surface area (Å²) < 4.78 is 1.98. The molecule has 78 valence electrons. The fourth-order valence-electron chi connectivity index (χ4n) is 1.61. The molecule has 1 aromatic heterocycles. The molecule has 1 heterocycles. The molecule has 0 unspecified atom stereocenters. The maximum absolute atomic E-state index is 4.07. The molecule has 0 radical (unpaired) electrons. The van der Waals surface area contributed by atoms with Gasteiger partial charge in [0.05, 0.1) is 0 Å². The summed E-state index contributed by atoms with van der Waals surface area (Å²) >= 11 is 5.43. The molecule has 1 saturated carbocycles. The summed E-state index contributed by atoms with van der Waals surface area (Å²) in [4.78, 5) is 0. The summed E-state index contributed by atoms with van der Waals surface area (Å²) in [7, 11) is 1.99. The molecular weight excluding hydrogens is 262 g/mol. The van der Waals surface area contributed by atoms with Crippen molar-refractivity contribution in [2.24, 2.45) is 12.5 Å². The van der Waals surface area contributed by atoms with Crippen molar-refractivity contribution in [2.75, 3.05) is 11.1 Å². The molecule has 0 saturated heterocycles. The van der Waals surface area contributed by atoms with Crippen LogP contribution in [0, 0.1) is 5.41 Å². The summed E-state index contributed by atoms with van der Waals surface area (Å²) in [6.07, 6.45) is 5.83. The van der Waals surface area contributed by atoms with Crippen LogP contribution in [0.5, 0.6) is 0 Å². The van der Waals surface area contributed by atoms with Crippen LogP contribution in [0.25, 0.3) is 0 Å². The second-order valence-electron chi connectivity index (χ2n) is 4.00. The van der Waals surface area contributed by atoms with E-state index in [4.69, 9.17) is 0 Å². The van der Waals surface area contributed by atoms with Gasteiger partial charge < -0.3 is 4.57 Å². The van der Waals surface area contributed by atoms with Crippen molar-refractivity contribution < 1.29 is 0 Å². The number of rotatable bonds is 4. The zero-order valence-corrected chi connectivity index (χ0v) is 10.6. The molecule has 0 atom stereocenters. The maximum atomic E-state index is 4.07. The normalized spacial score (nSPS) is 19.3. The smallest absolute Gasteiger partial charge is 0.190 e. The van der Waals surface area contributed by atoms with Gasteiger partial charge in [0.15, 0.2) is 5.16 Å². The minimum absolute atomic E-state index is 0.524. The molecule has 1 aromatic rings. The largest absolute Gasteiger partial charge is 0.312 e. The summed E-state index contributed by atoms with van der Waals surface area (Å²) in [6.45, 7) is 0. The van der Waals surface area contributed by atoms with E-state index < -0.39 is 0 Å². The fraction of sp³-hybridized carbons (Fsp3) is 0.778. The lowest BCUT2D eigenvalue weighted by Crippen LogP contribution is -2.33. The molecule has 0 aromatic carbocycles. The standard InChI is InChI=1S/C9H14BrN3S/c1-13-7-11-12-8(13)14-6-9(5-10)3-2-4-9/h7H,2-6H2,1H3. The van der Waals surface area contributed by atoms with Crippen molar-refractivity contribution >= 4 is 27.7 Å². The molecule has 0 N–H and O–H groups in total. The molecule has 1 aliphatic carbocycles. The van der Waals surface area contributed by atoms with Gasteiger partial charge in [0.1, 0.15) is 6.33 Å². The van der Waals surface area contributed by atoms with Gasteiger partial charge in [-0.15, -0.1) is 10.2 Å². The van der Waals surface area contributed by atoms with Gasteiger partial charge in [-0.05, 0) is 18.3 Å². The minimum atomic E-state index is 0.524. The predicted octanol–water partition coefficient (Wildman–Crippen LogP) is 2.47. The van der Waals surface area contributed by atoms with Crippen LogP contribution in [0.3, 0.4) is 0 Å². The first kappa shape index (κ1) is 10.5. The van der Waals surface area contributed by atoms with Gasteiger partial charge in [-0.25, -0.2) is 0 Å². The molecule has 3 nitrogen and oxygen atoms in total. The van der Waals surface area contributed by atoms with Gasteiger partial charge in [0.25, 0.3) is 0 Å². The third-order valence-corrected chi connectivity index (χ3v) is 5.45. The molecule has 0 aliphatic heterocycles. The van der Waals surface area contributed by atoms with Crippen molar-refractivity contribution in [3.63, 3.8) is 0 Å². The Bertz CT molecular complexity index is 303. The lowest BCUT2D eigenvalue weighted by Gasteiger charge is -2.40. The Morgan fingerprint density at radius 2 is 2.43 bits per heavy atom. The van der Waals surface area contributed by atoms with Crippen LogP contribution in [0.15, 0.2) is 11.5 Å². The summed E-state index contributed by atoms with van der Waals surface area (Å²) in [5, 5.41) is 10.1. The van der Waals surface area contributed by atoms with Gasteiger partial charge in [0, 0.05) is 18.1 Å². The van der Waals surface area contributed by atoms with E-state index in [9.17, 15) is 0 Å². The van der Waals surface area contributed by atoms with E-state index in [1.807, 2.05) is 23.4 Å². The van der Waals surface area contributed by atoms with Crippen LogP contribution in [0.1, 0.15) is 19.3 Å². The lowest BCUT2D eigenvalue weighted by molar-refractivity contribution is 0.206. The number of aromatic nitrogens is 3.